The van der Waals surface area contributed by atoms with Gasteiger partial charge in [-0.15, -0.1) is 0 Å². The summed E-state index contributed by atoms with van der Waals surface area (Å²) in [5.41, 5.74) is 0. The van der Waals surface area contributed by atoms with Gasteiger partial charge in [-0.3, -0.25) is 19.2 Å². The molecule has 0 saturated heterocycles. The lowest BCUT2D eigenvalue weighted by atomic mass is 10.1. The Labute approximate surface area is 109 Å². The summed E-state index contributed by atoms with van der Waals surface area (Å²) in [5.74, 6) is -3.07. The normalized spacial score (nSPS) is 13.1. The van der Waals surface area contributed by atoms with E-state index in [0.29, 0.717) is 0 Å². The minimum absolute atomic E-state index is 0.460. The Bertz CT molecular complexity index is 362. The lowest BCUT2D eigenvalue weighted by molar-refractivity contribution is -0.177. The number of hydrogen-bond donors (Lipinski definition) is 1. The molecule has 2 atom stereocenters. The molecular weight excluding hydrogens is 260 g/mol. The highest BCUT2D eigenvalue weighted by Crippen LogP contribution is 2.08. The number of ether oxygens (including phenoxy) is 3. The van der Waals surface area contributed by atoms with Gasteiger partial charge >= 0.3 is 17.9 Å². The summed E-state index contributed by atoms with van der Waals surface area (Å²) in [5, 5.41) is 8.79. The van der Waals surface area contributed by atoms with Crippen molar-refractivity contribution >= 4 is 23.7 Å². The van der Waals surface area contributed by atoms with Crippen molar-refractivity contribution in [2.24, 2.45) is 0 Å². The zero-order valence-corrected chi connectivity index (χ0v) is 10.9. The zero-order chi connectivity index (χ0) is 15.0. The summed E-state index contributed by atoms with van der Waals surface area (Å²) in [6.07, 6.45) is -2.82. The van der Waals surface area contributed by atoms with Crippen molar-refractivity contribution < 1.29 is 38.5 Å². The molecule has 0 spiro atoms. The van der Waals surface area contributed by atoms with Gasteiger partial charge in [-0.1, -0.05) is 0 Å². The topological polar surface area (TPSA) is 116 Å². The van der Waals surface area contributed by atoms with E-state index in [9.17, 15) is 19.2 Å². The van der Waals surface area contributed by atoms with Crippen LogP contribution in [0.2, 0.25) is 0 Å². The quantitative estimate of drug-likeness (QED) is 0.463. The fourth-order valence-corrected chi connectivity index (χ4v) is 1.21. The molecule has 0 radical (unpaired) electrons. The van der Waals surface area contributed by atoms with Crippen LogP contribution in [0, 0.1) is 0 Å². The van der Waals surface area contributed by atoms with Gasteiger partial charge < -0.3 is 19.3 Å². The first-order valence-electron chi connectivity index (χ1n) is 5.39. The van der Waals surface area contributed by atoms with Gasteiger partial charge in [0.05, 0.1) is 0 Å². The van der Waals surface area contributed by atoms with Gasteiger partial charge in [0, 0.05) is 20.8 Å². The Balaban J connectivity index is 4.97. The van der Waals surface area contributed by atoms with Crippen molar-refractivity contribution in [1.82, 2.24) is 0 Å². The third-order valence-corrected chi connectivity index (χ3v) is 1.87. The van der Waals surface area contributed by atoms with Crippen LogP contribution in [0.1, 0.15) is 20.8 Å². The molecular formula is C11H16O8. The second kappa shape index (κ2) is 8.20. The van der Waals surface area contributed by atoms with Crippen LogP contribution < -0.4 is 0 Å². The largest absolute Gasteiger partial charge is 0.462 e. The van der Waals surface area contributed by atoms with E-state index in [1.807, 2.05) is 0 Å². The fraction of sp³-hybridized carbons (Fsp3) is 0.636. The lowest BCUT2D eigenvalue weighted by Gasteiger charge is -2.24. The van der Waals surface area contributed by atoms with Crippen LogP contribution in [-0.2, 0) is 33.4 Å². The number of ketones is 1. The van der Waals surface area contributed by atoms with Crippen molar-refractivity contribution in [3.63, 3.8) is 0 Å². The monoisotopic (exact) mass is 276 g/mol. The van der Waals surface area contributed by atoms with Crippen LogP contribution in [0.4, 0.5) is 0 Å². The minimum atomic E-state index is -1.52. The van der Waals surface area contributed by atoms with E-state index in [-0.39, 0.29) is 0 Å². The van der Waals surface area contributed by atoms with E-state index in [1.54, 1.807) is 0 Å². The maximum Gasteiger partial charge on any atom is 0.303 e. The number of Topliss-reactive ketones (excluding diaryl/α,β-unsaturated/α-hetero) is 1. The average molecular weight is 276 g/mol. The molecule has 0 amide bonds. The van der Waals surface area contributed by atoms with E-state index < -0.39 is 49.1 Å². The summed E-state index contributed by atoms with van der Waals surface area (Å²) < 4.78 is 14.1. The molecule has 8 nitrogen and oxygen atoms in total. The molecule has 0 unspecified atom stereocenters. The van der Waals surface area contributed by atoms with Gasteiger partial charge in [0.2, 0.25) is 11.9 Å². The van der Waals surface area contributed by atoms with E-state index in [1.165, 1.54) is 0 Å². The van der Waals surface area contributed by atoms with Crippen LogP contribution in [0.15, 0.2) is 0 Å². The molecule has 0 bridgehead atoms. The Kier molecular flexibility index (Phi) is 7.35. The number of esters is 3. The van der Waals surface area contributed by atoms with Crippen LogP contribution in [-0.4, -0.2) is 54.2 Å². The van der Waals surface area contributed by atoms with Gasteiger partial charge in [-0.25, -0.2) is 0 Å². The van der Waals surface area contributed by atoms with Gasteiger partial charge in [0.25, 0.3) is 0 Å². The van der Waals surface area contributed by atoms with Crippen molar-refractivity contribution in [2.75, 3.05) is 13.2 Å². The smallest absolute Gasteiger partial charge is 0.303 e. The summed E-state index contributed by atoms with van der Waals surface area (Å²) >= 11 is 0. The van der Waals surface area contributed by atoms with E-state index in [0.717, 1.165) is 20.8 Å². The highest BCUT2D eigenvalue weighted by molar-refractivity contribution is 5.87. The molecule has 1 N–H and O–H groups in total. The number of carbonyl (C=O) groups excluding carboxylic acids is 4. The number of rotatable bonds is 7. The molecule has 0 aliphatic rings. The van der Waals surface area contributed by atoms with E-state index >= 15 is 0 Å². The number of carbonyl (C=O) groups is 4. The van der Waals surface area contributed by atoms with Gasteiger partial charge in [-0.05, 0) is 0 Å². The number of aliphatic hydroxyl groups is 1. The van der Waals surface area contributed by atoms with Crippen molar-refractivity contribution in [1.29, 1.82) is 0 Å². The second-order valence-corrected chi connectivity index (χ2v) is 3.60. The van der Waals surface area contributed by atoms with Crippen molar-refractivity contribution in [3.8, 4) is 0 Å². The lowest BCUT2D eigenvalue weighted by Crippen LogP contribution is -2.44. The van der Waals surface area contributed by atoms with Crippen LogP contribution in [0.5, 0.6) is 0 Å². The number of aliphatic hydroxyl groups excluding tert-OH is 1. The average Bonchev–Trinajstić information content (AvgIpc) is 2.29. The standard InChI is InChI=1S/C11H16O8/c1-6(13)17-5-10(18-7(2)14)11(9(16)4-12)19-8(3)15/h10-12H,4-5H2,1-3H3/t10-,11+/m1/s1. The molecule has 0 rings (SSSR count). The third-order valence-electron chi connectivity index (χ3n) is 1.87. The molecule has 19 heavy (non-hydrogen) atoms. The first-order chi connectivity index (χ1) is 8.77. The third kappa shape index (κ3) is 7.14. The Morgan fingerprint density at radius 3 is 1.84 bits per heavy atom. The van der Waals surface area contributed by atoms with E-state index in [4.69, 9.17) is 9.84 Å². The number of hydrogen-bond acceptors (Lipinski definition) is 8. The molecule has 0 fully saturated rings. The fourth-order valence-electron chi connectivity index (χ4n) is 1.21. The van der Waals surface area contributed by atoms with Crippen LogP contribution in [0.25, 0.3) is 0 Å². The molecule has 0 aliphatic carbocycles. The molecule has 0 aromatic heterocycles. The van der Waals surface area contributed by atoms with Gasteiger partial charge in [0.15, 0.2) is 6.10 Å². The van der Waals surface area contributed by atoms with E-state index in [2.05, 4.69) is 9.47 Å². The maximum atomic E-state index is 11.5. The highest BCUT2D eigenvalue weighted by Gasteiger charge is 2.34. The summed E-state index contributed by atoms with van der Waals surface area (Å²) in [7, 11) is 0. The first-order valence-corrected chi connectivity index (χ1v) is 5.39. The van der Waals surface area contributed by atoms with Crippen molar-refractivity contribution in [2.45, 2.75) is 33.0 Å². The van der Waals surface area contributed by atoms with Gasteiger partial charge in [-0.2, -0.15) is 0 Å². The molecule has 0 aromatic carbocycles. The Hall–Kier alpha value is -1.96. The Morgan fingerprint density at radius 2 is 1.47 bits per heavy atom. The molecule has 0 heterocycles. The van der Waals surface area contributed by atoms with Crippen molar-refractivity contribution in [3.05, 3.63) is 0 Å². The van der Waals surface area contributed by atoms with Crippen LogP contribution >= 0.6 is 0 Å². The summed E-state index contributed by atoms with van der Waals surface area (Å²) in [6.45, 7) is 1.89. The molecule has 0 aliphatic heterocycles. The predicted octanol–water partition coefficient (Wildman–Crippen LogP) is -1.03. The van der Waals surface area contributed by atoms with Crippen LogP contribution in [0.3, 0.4) is 0 Å². The maximum absolute atomic E-state index is 11.5. The van der Waals surface area contributed by atoms with Gasteiger partial charge in [0.1, 0.15) is 13.2 Å². The summed E-state index contributed by atoms with van der Waals surface area (Å²) in [6, 6.07) is 0. The molecule has 0 saturated carbocycles. The second-order valence-electron chi connectivity index (χ2n) is 3.60. The minimum Gasteiger partial charge on any atom is -0.462 e. The molecule has 0 aromatic rings. The highest BCUT2D eigenvalue weighted by atomic mass is 16.6. The molecule has 108 valence electrons. The summed E-state index contributed by atoms with van der Waals surface area (Å²) in [4.78, 5) is 44.0. The molecule has 8 heteroatoms. The first kappa shape index (κ1) is 17.0. The predicted molar refractivity (Wildman–Crippen MR) is 59.8 cm³/mol. The Morgan fingerprint density at radius 1 is 0.947 bits per heavy atom. The zero-order valence-electron chi connectivity index (χ0n) is 10.9. The SMILES string of the molecule is CC(=O)OC[C@@H](OC(C)=O)[C@@H](OC(C)=O)C(=O)CO.